The number of halogens is 1. The van der Waals surface area contributed by atoms with Crippen LogP contribution in [0, 0.1) is 5.92 Å². The van der Waals surface area contributed by atoms with Crippen molar-refractivity contribution in [2.24, 2.45) is 5.92 Å². The highest BCUT2D eigenvalue weighted by molar-refractivity contribution is 9.10. The number of carbonyl (C=O) groups is 2. The van der Waals surface area contributed by atoms with Gasteiger partial charge >= 0.3 is 0 Å². The van der Waals surface area contributed by atoms with E-state index in [-0.39, 0.29) is 16.9 Å². The molecule has 0 bridgehead atoms. The van der Waals surface area contributed by atoms with E-state index in [1.807, 2.05) is 24.0 Å². The molecular weight excluding hydrogens is 490 g/mol. The summed E-state index contributed by atoms with van der Waals surface area (Å²) in [5, 5.41) is 5.82. The minimum atomic E-state index is -0.348. The second-order valence-electron chi connectivity index (χ2n) is 7.92. The van der Waals surface area contributed by atoms with E-state index < -0.39 is 0 Å². The van der Waals surface area contributed by atoms with Gasteiger partial charge in [0.1, 0.15) is 5.75 Å². The number of hydrogen-bond donors (Lipinski definition) is 2. The van der Waals surface area contributed by atoms with Crippen LogP contribution in [0.15, 0.2) is 46.9 Å². The van der Waals surface area contributed by atoms with Crippen LogP contribution >= 0.6 is 28.1 Å². The third kappa shape index (κ3) is 6.29. The van der Waals surface area contributed by atoms with Gasteiger partial charge in [-0.15, -0.1) is 0 Å². The Morgan fingerprint density at radius 3 is 2.59 bits per heavy atom. The highest BCUT2D eigenvalue weighted by Crippen LogP contribution is 2.26. The molecule has 8 heteroatoms. The molecule has 1 saturated heterocycles. The third-order valence-electron chi connectivity index (χ3n) is 5.36. The Hall–Kier alpha value is -2.45. The Morgan fingerprint density at radius 1 is 1.19 bits per heavy atom. The first-order valence-electron chi connectivity index (χ1n) is 10.8. The highest BCUT2D eigenvalue weighted by atomic mass is 79.9. The van der Waals surface area contributed by atoms with Gasteiger partial charge in [-0.25, -0.2) is 0 Å². The van der Waals surface area contributed by atoms with E-state index in [2.05, 4.69) is 33.5 Å². The Bertz CT molecular complexity index is 990. The molecule has 2 N–H and O–H groups in total. The fourth-order valence-electron chi connectivity index (χ4n) is 3.46. The fourth-order valence-corrected chi connectivity index (χ4v) is 4.16. The van der Waals surface area contributed by atoms with Crippen molar-refractivity contribution in [3.8, 4) is 5.75 Å². The normalized spacial score (nSPS) is 14.0. The largest absolute Gasteiger partial charge is 0.492 e. The molecule has 170 valence electrons. The van der Waals surface area contributed by atoms with Crippen molar-refractivity contribution >= 4 is 50.8 Å². The quantitative estimate of drug-likeness (QED) is 0.512. The van der Waals surface area contributed by atoms with Crippen LogP contribution in [-0.4, -0.2) is 41.5 Å². The molecule has 0 saturated carbocycles. The molecule has 0 radical (unpaired) electrons. The van der Waals surface area contributed by atoms with Gasteiger partial charge in [0, 0.05) is 18.7 Å². The minimum absolute atomic E-state index is 0.0271. The smallest absolute Gasteiger partial charge is 0.257 e. The van der Waals surface area contributed by atoms with E-state index in [9.17, 15) is 9.59 Å². The number of likely N-dealkylation sites (tertiary alicyclic amines) is 1. The predicted octanol–water partition coefficient (Wildman–Crippen LogP) is 5.24. The van der Waals surface area contributed by atoms with Gasteiger partial charge in [-0.1, -0.05) is 26.0 Å². The standard InChI is InChI=1S/C24H28BrN3O3S/c1-3-14-31-21-9-8-17(15-19(21)25)22(29)27-24(32)26-20-7-5-4-6-18(20)23(30)28-12-10-16(2)11-13-28/h4-9,15-16H,3,10-14H2,1-2H3,(H2,26,27,29,32). The van der Waals surface area contributed by atoms with Crippen molar-refractivity contribution in [1.82, 2.24) is 10.2 Å². The van der Waals surface area contributed by atoms with Crippen molar-refractivity contribution in [2.75, 3.05) is 25.0 Å². The number of anilines is 1. The molecule has 0 aliphatic carbocycles. The van der Waals surface area contributed by atoms with Crippen molar-refractivity contribution in [1.29, 1.82) is 0 Å². The first-order chi connectivity index (χ1) is 15.4. The molecule has 32 heavy (non-hydrogen) atoms. The van der Waals surface area contributed by atoms with E-state index in [1.54, 1.807) is 30.3 Å². The van der Waals surface area contributed by atoms with Crippen LogP contribution in [0.5, 0.6) is 5.75 Å². The number of nitrogens with zero attached hydrogens (tertiary/aromatic N) is 1. The molecule has 2 aromatic carbocycles. The molecule has 0 atom stereocenters. The number of thiocarbonyl (C=S) groups is 1. The molecule has 2 amide bonds. The fraction of sp³-hybridized carbons (Fsp3) is 0.375. The molecule has 0 spiro atoms. The zero-order chi connectivity index (χ0) is 23.1. The van der Waals surface area contributed by atoms with E-state index in [0.29, 0.717) is 39.6 Å². The Labute approximate surface area is 202 Å². The molecule has 3 rings (SSSR count). The molecule has 1 fully saturated rings. The predicted molar refractivity (Wildman–Crippen MR) is 134 cm³/mol. The van der Waals surface area contributed by atoms with Gasteiger partial charge in [0.05, 0.1) is 22.3 Å². The summed E-state index contributed by atoms with van der Waals surface area (Å²) in [4.78, 5) is 27.6. The highest BCUT2D eigenvalue weighted by Gasteiger charge is 2.23. The monoisotopic (exact) mass is 517 g/mol. The summed E-state index contributed by atoms with van der Waals surface area (Å²) in [6.45, 7) is 6.35. The zero-order valence-corrected chi connectivity index (χ0v) is 20.7. The molecular formula is C24H28BrN3O3S. The lowest BCUT2D eigenvalue weighted by atomic mass is 9.98. The Morgan fingerprint density at radius 2 is 1.91 bits per heavy atom. The first-order valence-corrected chi connectivity index (χ1v) is 12.0. The van der Waals surface area contributed by atoms with Gasteiger partial charge in [0.15, 0.2) is 5.11 Å². The van der Waals surface area contributed by atoms with E-state index in [4.69, 9.17) is 17.0 Å². The maximum Gasteiger partial charge on any atom is 0.257 e. The second-order valence-corrected chi connectivity index (χ2v) is 9.18. The van der Waals surface area contributed by atoms with Gasteiger partial charge in [-0.3, -0.25) is 14.9 Å². The van der Waals surface area contributed by atoms with Crippen LogP contribution in [0.3, 0.4) is 0 Å². The summed E-state index contributed by atoms with van der Waals surface area (Å²) in [6, 6.07) is 12.3. The Balaban J connectivity index is 1.64. The average molecular weight is 518 g/mol. The summed E-state index contributed by atoms with van der Waals surface area (Å²) in [5.41, 5.74) is 1.56. The minimum Gasteiger partial charge on any atom is -0.492 e. The van der Waals surface area contributed by atoms with Crippen molar-refractivity contribution in [3.63, 3.8) is 0 Å². The molecule has 1 aliphatic heterocycles. The van der Waals surface area contributed by atoms with Gasteiger partial charge < -0.3 is 15.0 Å². The molecule has 1 heterocycles. The molecule has 0 unspecified atom stereocenters. The van der Waals surface area contributed by atoms with Gasteiger partial charge in [-0.05, 0) is 83.7 Å². The number of amides is 2. The summed E-state index contributed by atoms with van der Waals surface area (Å²) in [6.07, 6.45) is 2.91. The number of rotatable bonds is 6. The number of ether oxygens (including phenoxy) is 1. The number of benzene rings is 2. The molecule has 0 aromatic heterocycles. The number of piperidine rings is 1. The maximum absolute atomic E-state index is 13.0. The SMILES string of the molecule is CCCOc1ccc(C(=O)NC(=S)Nc2ccccc2C(=O)N2CCC(C)CC2)cc1Br. The molecule has 1 aliphatic rings. The number of carbonyl (C=O) groups excluding carboxylic acids is 2. The number of hydrogen-bond acceptors (Lipinski definition) is 4. The molecule has 6 nitrogen and oxygen atoms in total. The van der Waals surface area contributed by atoms with Crippen LogP contribution < -0.4 is 15.4 Å². The second kappa shape index (κ2) is 11.4. The number of nitrogens with one attached hydrogen (secondary N) is 2. The third-order valence-corrected chi connectivity index (χ3v) is 6.18. The van der Waals surface area contributed by atoms with Gasteiger partial charge in [0.25, 0.3) is 11.8 Å². The number of para-hydroxylation sites is 1. The average Bonchev–Trinajstić information content (AvgIpc) is 2.78. The van der Waals surface area contributed by atoms with E-state index >= 15 is 0 Å². The lowest BCUT2D eigenvalue weighted by Crippen LogP contribution is -2.39. The molecule has 2 aromatic rings. The van der Waals surface area contributed by atoms with Gasteiger partial charge in [-0.2, -0.15) is 0 Å². The Kier molecular flexibility index (Phi) is 8.64. The van der Waals surface area contributed by atoms with Crippen LogP contribution in [0.1, 0.15) is 53.8 Å². The van der Waals surface area contributed by atoms with Crippen molar-refractivity contribution in [2.45, 2.75) is 33.1 Å². The van der Waals surface area contributed by atoms with Gasteiger partial charge in [0.2, 0.25) is 0 Å². The van der Waals surface area contributed by atoms with Crippen LogP contribution in [0.4, 0.5) is 5.69 Å². The lowest BCUT2D eigenvalue weighted by molar-refractivity contribution is 0.0698. The van der Waals surface area contributed by atoms with E-state index in [0.717, 1.165) is 32.4 Å². The topological polar surface area (TPSA) is 70.7 Å². The summed E-state index contributed by atoms with van der Waals surface area (Å²) < 4.78 is 6.32. The summed E-state index contributed by atoms with van der Waals surface area (Å²) in [7, 11) is 0. The first kappa shape index (κ1) is 24.2. The lowest BCUT2D eigenvalue weighted by Gasteiger charge is -2.30. The van der Waals surface area contributed by atoms with Crippen molar-refractivity contribution < 1.29 is 14.3 Å². The maximum atomic E-state index is 13.0. The van der Waals surface area contributed by atoms with Crippen LogP contribution in [0.2, 0.25) is 0 Å². The summed E-state index contributed by atoms with van der Waals surface area (Å²) in [5.74, 6) is 0.950. The summed E-state index contributed by atoms with van der Waals surface area (Å²) >= 11 is 8.78. The van der Waals surface area contributed by atoms with Crippen molar-refractivity contribution in [3.05, 3.63) is 58.1 Å². The van der Waals surface area contributed by atoms with E-state index in [1.165, 1.54) is 0 Å². The van der Waals surface area contributed by atoms with Crippen LogP contribution in [-0.2, 0) is 0 Å². The van der Waals surface area contributed by atoms with Crippen LogP contribution in [0.25, 0.3) is 0 Å². The zero-order valence-electron chi connectivity index (χ0n) is 18.3.